The molecule has 0 radical (unpaired) electrons. The molecule has 1 nitrogen and oxygen atoms in total. The van der Waals surface area contributed by atoms with Gasteiger partial charge in [-0.3, -0.25) is 0 Å². The number of methoxy groups -OCH3 is 1. The van der Waals surface area contributed by atoms with Crippen LogP contribution in [0.5, 0.6) is 5.75 Å². The second kappa shape index (κ2) is 6.29. The van der Waals surface area contributed by atoms with Crippen molar-refractivity contribution < 1.29 is 4.74 Å². The number of alkyl halides is 1. The third-order valence-corrected chi connectivity index (χ3v) is 7.22. The van der Waals surface area contributed by atoms with Gasteiger partial charge in [-0.1, -0.05) is 18.2 Å². The molecule has 2 aromatic carbocycles. The lowest BCUT2D eigenvalue weighted by molar-refractivity contribution is 0.415. The predicted octanol–water partition coefficient (Wildman–Crippen LogP) is 6.76. The fraction of sp³-hybridized carbons (Fsp3) is 0.125. The van der Waals surface area contributed by atoms with Crippen molar-refractivity contribution in [3.8, 4) is 5.75 Å². The number of fused-ring (bicyclic) bond motifs is 1. The molecular weight excluding hydrogens is 436 g/mol. The second-order valence-electron chi connectivity index (χ2n) is 4.61. The smallest absolute Gasteiger partial charge is 0.119 e. The van der Waals surface area contributed by atoms with Gasteiger partial charge in [-0.05, 0) is 72.5 Å². The Morgan fingerprint density at radius 3 is 2.43 bits per heavy atom. The van der Waals surface area contributed by atoms with Crippen molar-refractivity contribution >= 4 is 65.6 Å². The second-order valence-corrected chi connectivity index (χ2v) is 8.30. The zero-order chi connectivity index (χ0) is 15.0. The molecule has 1 unspecified atom stereocenters. The first-order valence-electron chi connectivity index (χ1n) is 6.25. The van der Waals surface area contributed by atoms with Gasteiger partial charge in [-0.25, -0.2) is 0 Å². The molecule has 108 valence electrons. The highest BCUT2D eigenvalue weighted by atomic mass is 79.9. The molecule has 5 heteroatoms. The summed E-state index contributed by atoms with van der Waals surface area (Å²) in [7, 11) is 1.68. The zero-order valence-electron chi connectivity index (χ0n) is 11.1. The van der Waals surface area contributed by atoms with Crippen LogP contribution in [0.3, 0.4) is 0 Å². The molecule has 0 saturated heterocycles. The van der Waals surface area contributed by atoms with Crippen LogP contribution in [0.25, 0.3) is 10.8 Å². The lowest BCUT2D eigenvalue weighted by Crippen LogP contribution is -1.90. The molecule has 1 aromatic heterocycles. The van der Waals surface area contributed by atoms with Gasteiger partial charge in [0, 0.05) is 9.35 Å². The van der Waals surface area contributed by atoms with Gasteiger partial charge >= 0.3 is 0 Å². The van der Waals surface area contributed by atoms with E-state index in [0.717, 1.165) is 35.2 Å². The molecule has 0 spiro atoms. The number of thiophene rings is 1. The van der Waals surface area contributed by atoms with E-state index in [4.69, 9.17) is 16.3 Å². The van der Waals surface area contributed by atoms with Crippen LogP contribution in [0.1, 0.15) is 15.8 Å². The summed E-state index contributed by atoms with van der Waals surface area (Å²) in [5.74, 6) is 0.865. The van der Waals surface area contributed by atoms with Gasteiger partial charge in [0.05, 0.1) is 16.3 Å². The summed E-state index contributed by atoms with van der Waals surface area (Å²) in [5, 5.41) is 2.16. The molecule has 0 bridgehead atoms. The van der Waals surface area contributed by atoms with Crippen LogP contribution >= 0.6 is 54.8 Å². The summed E-state index contributed by atoms with van der Waals surface area (Å²) >= 11 is 15.3. The fourth-order valence-corrected chi connectivity index (χ4v) is 4.61. The Morgan fingerprint density at radius 1 is 1.05 bits per heavy atom. The summed E-state index contributed by atoms with van der Waals surface area (Å²) in [5.41, 5.74) is 1.09. The summed E-state index contributed by atoms with van der Waals surface area (Å²) in [6, 6.07) is 14.4. The van der Waals surface area contributed by atoms with Crippen LogP contribution in [-0.4, -0.2) is 7.11 Å². The van der Waals surface area contributed by atoms with Gasteiger partial charge in [-0.2, -0.15) is 0 Å². The van der Waals surface area contributed by atoms with Gasteiger partial charge < -0.3 is 4.74 Å². The quantitative estimate of drug-likeness (QED) is 0.404. The maximum atomic E-state index is 6.62. The average molecular weight is 447 g/mol. The number of hydrogen-bond donors (Lipinski definition) is 0. The maximum absolute atomic E-state index is 6.62. The third kappa shape index (κ3) is 3.14. The van der Waals surface area contributed by atoms with Crippen molar-refractivity contribution in [2.24, 2.45) is 0 Å². The predicted molar refractivity (Wildman–Crippen MR) is 97.9 cm³/mol. The number of halogens is 3. The third-order valence-electron chi connectivity index (χ3n) is 3.28. The standard InChI is InChI=1S/C16H11Br2ClOS/c1-20-12-5-4-9-6-11(3-2-10(9)7-12)15(19)14-8-13(17)16(18)21-14/h2-8,15H,1H3. The van der Waals surface area contributed by atoms with Crippen molar-refractivity contribution in [3.05, 3.63) is 61.2 Å². The minimum Gasteiger partial charge on any atom is -0.497 e. The van der Waals surface area contributed by atoms with E-state index in [1.54, 1.807) is 18.4 Å². The van der Waals surface area contributed by atoms with Crippen LogP contribution in [-0.2, 0) is 0 Å². The molecule has 1 heterocycles. The number of ether oxygens (including phenoxy) is 1. The maximum Gasteiger partial charge on any atom is 0.119 e. The molecule has 0 aliphatic carbocycles. The minimum atomic E-state index is -0.149. The summed E-state index contributed by atoms with van der Waals surface area (Å²) < 4.78 is 7.35. The molecule has 0 N–H and O–H groups in total. The van der Waals surface area contributed by atoms with Crippen molar-refractivity contribution in [2.75, 3.05) is 7.11 Å². The van der Waals surface area contributed by atoms with E-state index in [2.05, 4.69) is 62.2 Å². The van der Waals surface area contributed by atoms with Crippen molar-refractivity contribution in [1.82, 2.24) is 0 Å². The van der Waals surface area contributed by atoms with E-state index in [0.29, 0.717) is 0 Å². The average Bonchev–Trinajstić information content (AvgIpc) is 2.85. The molecule has 3 aromatic rings. The molecule has 21 heavy (non-hydrogen) atoms. The Balaban J connectivity index is 2.00. The normalized spacial score (nSPS) is 12.6. The molecule has 0 aliphatic rings. The Hall–Kier alpha value is -0.550. The largest absolute Gasteiger partial charge is 0.497 e. The molecular formula is C16H11Br2ClOS. The Morgan fingerprint density at radius 2 is 1.76 bits per heavy atom. The van der Waals surface area contributed by atoms with Gasteiger partial charge in [0.2, 0.25) is 0 Å². The van der Waals surface area contributed by atoms with E-state index < -0.39 is 0 Å². The number of hydrogen-bond acceptors (Lipinski definition) is 2. The molecule has 1 atom stereocenters. The summed E-state index contributed by atoms with van der Waals surface area (Å²) in [6.07, 6.45) is 0. The SMILES string of the molecule is COc1ccc2cc(C(Cl)c3cc(Br)c(Br)s3)ccc2c1. The minimum absolute atomic E-state index is 0.149. The molecule has 0 amide bonds. The van der Waals surface area contributed by atoms with E-state index in [-0.39, 0.29) is 5.38 Å². The summed E-state index contributed by atoms with van der Waals surface area (Å²) in [4.78, 5) is 1.11. The van der Waals surface area contributed by atoms with Crippen LogP contribution in [0.15, 0.2) is 50.7 Å². The topological polar surface area (TPSA) is 9.23 Å². The lowest BCUT2D eigenvalue weighted by atomic mass is 10.0. The van der Waals surface area contributed by atoms with Crippen LogP contribution in [0, 0.1) is 0 Å². The van der Waals surface area contributed by atoms with Crippen molar-refractivity contribution in [2.45, 2.75) is 5.38 Å². The van der Waals surface area contributed by atoms with E-state index in [1.165, 1.54) is 0 Å². The first kappa shape index (κ1) is 15.3. The number of rotatable bonds is 3. The highest BCUT2D eigenvalue weighted by molar-refractivity contribution is 9.13. The lowest BCUT2D eigenvalue weighted by Gasteiger charge is -2.10. The van der Waals surface area contributed by atoms with Crippen LogP contribution in [0.4, 0.5) is 0 Å². The summed E-state index contributed by atoms with van der Waals surface area (Å²) in [6.45, 7) is 0. The van der Waals surface area contributed by atoms with Gasteiger partial charge in [-0.15, -0.1) is 22.9 Å². The first-order chi connectivity index (χ1) is 10.1. The highest BCUT2D eigenvalue weighted by Gasteiger charge is 2.15. The van der Waals surface area contributed by atoms with Crippen molar-refractivity contribution in [3.63, 3.8) is 0 Å². The van der Waals surface area contributed by atoms with E-state index in [9.17, 15) is 0 Å². The molecule has 0 aliphatic heterocycles. The number of benzene rings is 2. The van der Waals surface area contributed by atoms with Gasteiger partial charge in [0.15, 0.2) is 0 Å². The van der Waals surface area contributed by atoms with Gasteiger partial charge in [0.1, 0.15) is 5.75 Å². The monoisotopic (exact) mass is 444 g/mol. The first-order valence-corrected chi connectivity index (χ1v) is 9.09. The van der Waals surface area contributed by atoms with E-state index in [1.807, 2.05) is 12.1 Å². The Labute approximate surface area is 149 Å². The molecule has 0 fully saturated rings. The molecule has 3 rings (SSSR count). The fourth-order valence-electron chi connectivity index (χ4n) is 2.18. The Kier molecular flexibility index (Phi) is 4.60. The van der Waals surface area contributed by atoms with Gasteiger partial charge in [0.25, 0.3) is 0 Å². The van der Waals surface area contributed by atoms with E-state index >= 15 is 0 Å². The molecule has 0 saturated carbocycles. The van der Waals surface area contributed by atoms with Crippen LogP contribution < -0.4 is 4.74 Å². The highest BCUT2D eigenvalue weighted by Crippen LogP contribution is 2.41. The zero-order valence-corrected chi connectivity index (χ0v) is 15.8. The van der Waals surface area contributed by atoms with Crippen molar-refractivity contribution in [1.29, 1.82) is 0 Å². The van der Waals surface area contributed by atoms with Crippen LogP contribution in [0.2, 0.25) is 0 Å². The Bertz CT molecular complexity index is 781.